The second-order valence-electron chi connectivity index (χ2n) is 10.1. The molecule has 4 rings (SSSR count). The molecular formula is C27H32ClN3O4S. The number of amides is 1. The first kappa shape index (κ1) is 26.4. The second-order valence-corrected chi connectivity index (χ2v) is 11.6. The largest absolute Gasteiger partial charge is 0.481 e. The zero-order valence-electron chi connectivity index (χ0n) is 21.1. The van der Waals surface area contributed by atoms with Crippen molar-refractivity contribution in [1.82, 2.24) is 10.1 Å². The lowest BCUT2D eigenvalue weighted by Gasteiger charge is -2.16. The number of carboxylic acids is 1. The first-order chi connectivity index (χ1) is 17.1. The number of carboxylic acid groups (broad SMARTS) is 1. The number of aliphatic carboxylic acids is 1. The van der Waals surface area contributed by atoms with E-state index in [9.17, 15) is 14.7 Å². The monoisotopic (exact) mass is 529 g/mol. The van der Waals surface area contributed by atoms with Crippen molar-refractivity contribution in [2.45, 2.75) is 78.1 Å². The molecule has 0 spiro atoms. The quantitative estimate of drug-likeness (QED) is 0.274. The van der Waals surface area contributed by atoms with Crippen LogP contribution in [0.3, 0.4) is 0 Å². The fourth-order valence-electron chi connectivity index (χ4n) is 4.39. The Morgan fingerprint density at radius 3 is 2.67 bits per heavy atom. The van der Waals surface area contributed by atoms with Crippen LogP contribution in [0.5, 0.6) is 0 Å². The average Bonchev–Trinajstić information content (AvgIpc) is 3.44. The Hall–Kier alpha value is -2.71. The SMILES string of the molecule is Cc1ccc(NC(=O)C[C@H](CCC(=O)O)c2noc(-c3nc(C)c(CC(C)C)s3)c2C2CC2)c(Cl)c1. The van der Waals surface area contributed by atoms with E-state index in [-0.39, 0.29) is 25.2 Å². The molecule has 7 nitrogen and oxygen atoms in total. The Labute approximate surface area is 220 Å². The summed E-state index contributed by atoms with van der Waals surface area (Å²) in [5, 5.41) is 17.9. The molecule has 36 heavy (non-hydrogen) atoms. The Morgan fingerprint density at radius 2 is 2.03 bits per heavy atom. The Morgan fingerprint density at radius 1 is 1.28 bits per heavy atom. The van der Waals surface area contributed by atoms with Gasteiger partial charge in [0, 0.05) is 29.2 Å². The topological polar surface area (TPSA) is 105 Å². The first-order valence-electron chi connectivity index (χ1n) is 12.4. The maximum atomic E-state index is 13.0. The zero-order chi connectivity index (χ0) is 26.0. The van der Waals surface area contributed by atoms with Crippen LogP contribution in [-0.2, 0) is 16.0 Å². The fraction of sp³-hybridized carbons (Fsp3) is 0.481. The molecule has 1 atom stereocenters. The van der Waals surface area contributed by atoms with Gasteiger partial charge in [-0.25, -0.2) is 4.98 Å². The van der Waals surface area contributed by atoms with E-state index in [4.69, 9.17) is 21.1 Å². The van der Waals surface area contributed by atoms with E-state index in [1.54, 1.807) is 23.5 Å². The van der Waals surface area contributed by atoms with Crippen LogP contribution in [0.25, 0.3) is 10.8 Å². The lowest BCUT2D eigenvalue weighted by Crippen LogP contribution is -2.17. The maximum absolute atomic E-state index is 13.0. The van der Waals surface area contributed by atoms with Crippen LogP contribution in [0, 0.1) is 19.8 Å². The number of hydrogen-bond donors (Lipinski definition) is 2. The summed E-state index contributed by atoms with van der Waals surface area (Å²) in [5.74, 6) is -0.0705. The summed E-state index contributed by atoms with van der Waals surface area (Å²) in [7, 11) is 0. The van der Waals surface area contributed by atoms with Crippen molar-refractivity contribution in [1.29, 1.82) is 0 Å². The van der Waals surface area contributed by atoms with E-state index >= 15 is 0 Å². The molecule has 2 heterocycles. The maximum Gasteiger partial charge on any atom is 0.303 e. The molecule has 2 aromatic heterocycles. The van der Waals surface area contributed by atoms with Crippen molar-refractivity contribution >= 4 is 40.5 Å². The molecule has 192 valence electrons. The van der Waals surface area contributed by atoms with Crippen LogP contribution in [0.4, 0.5) is 5.69 Å². The third-order valence-corrected chi connectivity index (χ3v) is 7.84. The Balaban J connectivity index is 1.63. The third-order valence-electron chi connectivity index (χ3n) is 6.35. The van der Waals surface area contributed by atoms with Gasteiger partial charge in [0.1, 0.15) is 0 Å². The minimum Gasteiger partial charge on any atom is -0.481 e. The molecule has 3 aromatic rings. The van der Waals surface area contributed by atoms with Crippen LogP contribution in [-0.4, -0.2) is 27.1 Å². The molecule has 0 bridgehead atoms. The normalized spacial score (nSPS) is 14.3. The number of benzene rings is 1. The number of hydrogen-bond acceptors (Lipinski definition) is 6. The molecule has 0 aliphatic heterocycles. The molecule has 0 unspecified atom stereocenters. The van der Waals surface area contributed by atoms with Crippen molar-refractivity contribution in [2.75, 3.05) is 5.32 Å². The van der Waals surface area contributed by atoms with Crippen LogP contribution in [0.2, 0.25) is 5.02 Å². The number of aromatic nitrogens is 2. The summed E-state index contributed by atoms with van der Waals surface area (Å²) in [4.78, 5) is 30.4. The lowest BCUT2D eigenvalue weighted by atomic mass is 9.90. The van der Waals surface area contributed by atoms with E-state index in [0.717, 1.165) is 41.1 Å². The summed E-state index contributed by atoms with van der Waals surface area (Å²) < 4.78 is 5.87. The smallest absolute Gasteiger partial charge is 0.303 e. The number of anilines is 1. The summed E-state index contributed by atoms with van der Waals surface area (Å²) >= 11 is 7.93. The highest BCUT2D eigenvalue weighted by Crippen LogP contribution is 2.49. The predicted octanol–water partition coefficient (Wildman–Crippen LogP) is 7.12. The van der Waals surface area contributed by atoms with Crippen LogP contribution in [0.1, 0.15) is 85.2 Å². The summed E-state index contributed by atoms with van der Waals surface area (Å²) in [6, 6.07) is 5.44. The van der Waals surface area contributed by atoms with Gasteiger partial charge in [-0.05, 0) is 69.1 Å². The number of rotatable bonds is 11. The predicted molar refractivity (Wildman–Crippen MR) is 142 cm³/mol. The number of carbonyl (C=O) groups excluding carboxylic acids is 1. The first-order valence-corrected chi connectivity index (χ1v) is 13.6. The van der Waals surface area contributed by atoms with Crippen LogP contribution in [0.15, 0.2) is 22.7 Å². The van der Waals surface area contributed by atoms with Gasteiger partial charge >= 0.3 is 5.97 Å². The molecule has 1 fully saturated rings. The summed E-state index contributed by atoms with van der Waals surface area (Å²) in [6.45, 7) is 8.31. The highest BCUT2D eigenvalue weighted by Gasteiger charge is 2.37. The lowest BCUT2D eigenvalue weighted by molar-refractivity contribution is -0.137. The number of aryl methyl sites for hydroxylation is 2. The van der Waals surface area contributed by atoms with Gasteiger partial charge in [0.15, 0.2) is 10.8 Å². The van der Waals surface area contributed by atoms with Crippen molar-refractivity contribution < 1.29 is 19.2 Å². The molecule has 1 aliphatic carbocycles. The second kappa shape index (κ2) is 11.1. The van der Waals surface area contributed by atoms with Gasteiger partial charge in [-0.1, -0.05) is 36.7 Å². The number of thiazole rings is 1. The van der Waals surface area contributed by atoms with Gasteiger partial charge in [0.2, 0.25) is 5.91 Å². The van der Waals surface area contributed by atoms with Crippen LogP contribution >= 0.6 is 22.9 Å². The third kappa shape index (κ3) is 6.34. The molecule has 1 saturated carbocycles. The van der Waals surface area contributed by atoms with E-state index in [1.807, 2.05) is 19.9 Å². The Kier molecular flexibility index (Phi) is 8.15. The standard InChI is InChI=1S/C27H32ClN3O4S/c1-14(2)11-21-16(4)29-27(36-21)26-24(17-6-7-17)25(31-35-26)18(8-10-23(33)34)13-22(32)30-20-9-5-15(3)12-19(20)28/h5,9,12,14,17-18H,6-8,10-11,13H2,1-4H3,(H,30,32)(H,33,34)/t18-/m0/s1. The number of carbonyl (C=O) groups is 2. The highest BCUT2D eigenvalue weighted by molar-refractivity contribution is 7.15. The van der Waals surface area contributed by atoms with Crippen LogP contribution < -0.4 is 5.32 Å². The molecule has 9 heteroatoms. The van der Waals surface area contributed by atoms with Crippen molar-refractivity contribution in [3.63, 3.8) is 0 Å². The van der Waals surface area contributed by atoms with Gasteiger partial charge in [-0.2, -0.15) is 0 Å². The highest BCUT2D eigenvalue weighted by atomic mass is 35.5. The van der Waals surface area contributed by atoms with E-state index in [2.05, 4.69) is 24.3 Å². The average molecular weight is 530 g/mol. The van der Waals surface area contributed by atoms with E-state index in [1.165, 1.54) is 4.88 Å². The number of nitrogens with zero attached hydrogens (tertiary/aromatic N) is 2. The molecule has 1 aromatic carbocycles. The zero-order valence-corrected chi connectivity index (χ0v) is 22.6. The van der Waals surface area contributed by atoms with Gasteiger partial charge in [-0.3, -0.25) is 9.59 Å². The van der Waals surface area contributed by atoms with Crippen molar-refractivity contribution in [3.05, 3.63) is 50.6 Å². The molecule has 1 amide bonds. The molecule has 0 saturated heterocycles. The van der Waals surface area contributed by atoms with Crippen molar-refractivity contribution in [3.8, 4) is 10.8 Å². The minimum absolute atomic E-state index is 0.0650. The summed E-state index contributed by atoms with van der Waals surface area (Å²) in [6.07, 6.45) is 3.28. The fourth-order valence-corrected chi connectivity index (χ4v) is 5.94. The van der Waals surface area contributed by atoms with E-state index in [0.29, 0.717) is 34.0 Å². The number of nitrogens with one attached hydrogen (secondary N) is 1. The van der Waals surface area contributed by atoms with Crippen molar-refractivity contribution in [2.24, 2.45) is 5.92 Å². The molecular weight excluding hydrogens is 498 g/mol. The van der Waals surface area contributed by atoms with E-state index < -0.39 is 11.9 Å². The van der Waals surface area contributed by atoms with Gasteiger partial charge in [0.05, 0.1) is 22.1 Å². The molecule has 2 N–H and O–H groups in total. The minimum atomic E-state index is -0.910. The van der Waals surface area contributed by atoms with Gasteiger partial charge in [-0.15, -0.1) is 11.3 Å². The molecule has 1 aliphatic rings. The molecule has 0 radical (unpaired) electrons. The Bertz CT molecular complexity index is 1260. The van der Waals surface area contributed by atoms with Gasteiger partial charge in [0.25, 0.3) is 0 Å². The summed E-state index contributed by atoms with van der Waals surface area (Å²) in [5.41, 5.74) is 4.19. The number of halogens is 1. The van der Waals surface area contributed by atoms with Gasteiger partial charge < -0.3 is 14.9 Å².